The molecular weight excluding hydrogens is 172 g/mol. The van der Waals surface area contributed by atoms with Gasteiger partial charge in [0, 0.05) is 18.5 Å². The lowest BCUT2D eigenvalue weighted by molar-refractivity contribution is 0.429. The van der Waals surface area contributed by atoms with Gasteiger partial charge in [-0.05, 0) is 19.7 Å². The van der Waals surface area contributed by atoms with Crippen LogP contribution in [0.2, 0.25) is 0 Å². The van der Waals surface area contributed by atoms with Gasteiger partial charge in [0.2, 0.25) is 0 Å². The van der Waals surface area contributed by atoms with Gasteiger partial charge >= 0.3 is 0 Å². The minimum Gasteiger partial charge on any atom is -0.319 e. The van der Waals surface area contributed by atoms with Crippen molar-refractivity contribution in [3.63, 3.8) is 0 Å². The number of hydrogen-bond donors (Lipinski definition) is 2. The molecule has 0 atom stereocenters. The summed E-state index contributed by atoms with van der Waals surface area (Å²) in [5.41, 5.74) is 1.55. The Morgan fingerprint density at radius 2 is 1.50 bits per heavy atom. The average Bonchev–Trinajstić information content (AvgIpc) is 2.20. The van der Waals surface area contributed by atoms with Crippen LogP contribution in [0.15, 0.2) is 30.3 Å². The standard InChI is InChI=1S/C12H20N2/c1-12(9-13-2,10-14-3)11-7-5-4-6-8-11/h4-8,13-14H,9-10H2,1-3H3. The number of hydrogen-bond acceptors (Lipinski definition) is 2. The zero-order chi connectivity index (χ0) is 10.4. The smallest absolute Gasteiger partial charge is 0.0174 e. The lowest BCUT2D eigenvalue weighted by Crippen LogP contribution is -2.41. The van der Waals surface area contributed by atoms with Crippen LogP contribution in [0.1, 0.15) is 12.5 Å². The molecule has 2 N–H and O–H groups in total. The Balaban J connectivity index is 2.87. The molecule has 78 valence electrons. The van der Waals surface area contributed by atoms with Gasteiger partial charge in [-0.25, -0.2) is 0 Å². The van der Waals surface area contributed by atoms with Crippen molar-refractivity contribution >= 4 is 0 Å². The van der Waals surface area contributed by atoms with E-state index in [2.05, 4.69) is 47.9 Å². The molecular formula is C12H20N2. The molecule has 0 amide bonds. The summed E-state index contributed by atoms with van der Waals surface area (Å²) in [6.07, 6.45) is 0. The summed E-state index contributed by atoms with van der Waals surface area (Å²) in [5, 5.41) is 6.50. The molecule has 0 aliphatic carbocycles. The van der Waals surface area contributed by atoms with E-state index in [0.717, 1.165) is 13.1 Å². The van der Waals surface area contributed by atoms with Crippen molar-refractivity contribution < 1.29 is 0 Å². The first-order valence-corrected chi connectivity index (χ1v) is 5.07. The summed E-state index contributed by atoms with van der Waals surface area (Å²) in [5.74, 6) is 0. The third kappa shape index (κ3) is 2.56. The van der Waals surface area contributed by atoms with Crippen molar-refractivity contribution in [3.8, 4) is 0 Å². The Hall–Kier alpha value is -0.860. The molecule has 1 aromatic rings. The molecule has 0 fully saturated rings. The fourth-order valence-electron chi connectivity index (χ4n) is 1.89. The van der Waals surface area contributed by atoms with Crippen LogP contribution in [0.3, 0.4) is 0 Å². The van der Waals surface area contributed by atoms with E-state index in [1.165, 1.54) is 5.56 Å². The largest absolute Gasteiger partial charge is 0.319 e. The zero-order valence-electron chi connectivity index (χ0n) is 9.30. The fourth-order valence-corrected chi connectivity index (χ4v) is 1.89. The molecule has 1 aromatic carbocycles. The second-order valence-electron chi connectivity index (χ2n) is 3.99. The molecule has 0 heterocycles. The summed E-state index contributed by atoms with van der Waals surface area (Å²) < 4.78 is 0. The number of nitrogens with one attached hydrogen (secondary N) is 2. The average molecular weight is 192 g/mol. The van der Waals surface area contributed by atoms with Gasteiger partial charge < -0.3 is 10.6 Å². The van der Waals surface area contributed by atoms with E-state index in [9.17, 15) is 0 Å². The zero-order valence-corrected chi connectivity index (χ0v) is 9.30. The predicted molar refractivity (Wildman–Crippen MR) is 61.6 cm³/mol. The molecule has 0 saturated carbocycles. The maximum absolute atomic E-state index is 3.25. The second-order valence-corrected chi connectivity index (χ2v) is 3.99. The maximum atomic E-state index is 3.25. The topological polar surface area (TPSA) is 24.1 Å². The van der Waals surface area contributed by atoms with E-state index < -0.39 is 0 Å². The van der Waals surface area contributed by atoms with Crippen molar-refractivity contribution in [2.24, 2.45) is 0 Å². The van der Waals surface area contributed by atoms with Gasteiger partial charge in [-0.1, -0.05) is 37.3 Å². The van der Waals surface area contributed by atoms with Crippen LogP contribution in [0.5, 0.6) is 0 Å². The van der Waals surface area contributed by atoms with Gasteiger partial charge in [-0.15, -0.1) is 0 Å². The highest BCUT2D eigenvalue weighted by Crippen LogP contribution is 2.21. The van der Waals surface area contributed by atoms with Gasteiger partial charge in [-0.2, -0.15) is 0 Å². The first kappa shape index (κ1) is 11.2. The summed E-state index contributed by atoms with van der Waals surface area (Å²) >= 11 is 0. The Labute approximate surface area is 86.7 Å². The van der Waals surface area contributed by atoms with Crippen molar-refractivity contribution in [1.29, 1.82) is 0 Å². The van der Waals surface area contributed by atoms with Crippen LogP contribution in [-0.4, -0.2) is 27.2 Å². The Kier molecular flexibility index (Phi) is 4.11. The highest BCUT2D eigenvalue weighted by atomic mass is 14.9. The molecule has 14 heavy (non-hydrogen) atoms. The normalized spacial score (nSPS) is 11.6. The lowest BCUT2D eigenvalue weighted by Gasteiger charge is -2.29. The molecule has 1 rings (SSSR count). The second kappa shape index (κ2) is 5.13. The van der Waals surface area contributed by atoms with Crippen molar-refractivity contribution in [2.45, 2.75) is 12.3 Å². The van der Waals surface area contributed by atoms with E-state index in [1.54, 1.807) is 0 Å². The molecule has 2 nitrogen and oxygen atoms in total. The molecule has 0 spiro atoms. The number of likely N-dealkylation sites (N-methyl/N-ethyl adjacent to an activating group) is 2. The summed E-state index contributed by atoms with van der Waals surface area (Å²) in [4.78, 5) is 0. The first-order chi connectivity index (χ1) is 6.73. The van der Waals surface area contributed by atoms with Crippen LogP contribution >= 0.6 is 0 Å². The third-order valence-corrected chi connectivity index (χ3v) is 2.60. The summed E-state index contributed by atoms with van der Waals surface area (Å²) in [7, 11) is 3.99. The predicted octanol–water partition coefficient (Wildman–Crippen LogP) is 1.38. The van der Waals surface area contributed by atoms with Crippen molar-refractivity contribution in [2.75, 3.05) is 27.2 Å². The van der Waals surface area contributed by atoms with E-state index in [4.69, 9.17) is 0 Å². The minimum absolute atomic E-state index is 0.171. The van der Waals surface area contributed by atoms with Crippen LogP contribution in [0.4, 0.5) is 0 Å². The molecule has 0 unspecified atom stereocenters. The lowest BCUT2D eigenvalue weighted by atomic mass is 9.82. The van der Waals surface area contributed by atoms with Gasteiger partial charge in [0.25, 0.3) is 0 Å². The van der Waals surface area contributed by atoms with E-state index in [0.29, 0.717) is 0 Å². The molecule has 0 radical (unpaired) electrons. The molecule has 0 aromatic heterocycles. The van der Waals surface area contributed by atoms with E-state index in [-0.39, 0.29) is 5.41 Å². The van der Waals surface area contributed by atoms with Crippen LogP contribution < -0.4 is 10.6 Å². The number of rotatable bonds is 5. The van der Waals surface area contributed by atoms with Crippen LogP contribution in [0.25, 0.3) is 0 Å². The van der Waals surface area contributed by atoms with Gasteiger partial charge in [0.05, 0.1) is 0 Å². The molecule has 0 saturated heterocycles. The maximum Gasteiger partial charge on any atom is 0.0174 e. The summed E-state index contributed by atoms with van der Waals surface area (Å²) in [6, 6.07) is 10.6. The van der Waals surface area contributed by atoms with Crippen LogP contribution in [-0.2, 0) is 5.41 Å². The van der Waals surface area contributed by atoms with E-state index in [1.807, 2.05) is 14.1 Å². The van der Waals surface area contributed by atoms with Gasteiger partial charge in [0.1, 0.15) is 0 Å². The highest BCUT2D eigenvalue weighted by Gasteiger charge is 2.24. The van der Waals surface area contributed by atoms with E-state index >= 15 is 0 Å². The molecule has 2 heteroatoms. The summed E-state index contributed by atoms with van der Waals surface area (Å²) in [6.45, 7) is 4.24. The fraction of sp³-hybridized carbons (Fsp3) is 0.500. The van der Waals surface area contributed by atoms with Crippen molar-refractivity contribution in [3.05, 3.63) is 35.9 Å². The van der Waals surface area contributed by atoms with Gasteiger partial charge in [0.15, 0.2) is 0 Å². The number of benzene rings is 1. The Bertz CT molecular complexity index is 250. The molecule has 0 bridgehead atoms. The molecule has 0 aliphatic rings. The minimum atomic E-state index is 0.171. The quantitative estimate of drug-likeness (QED) is 0.736. The van der Waals surface area contributed by atoms with Crippen LogP contribution in [0, 0.1) is 0 Å². The SMILES string of the molecule is CNCC(C)(CNC)c1ccccc1. The highest BCUT2D eigenvalue weighted by molar-refractivity contribution is 5.25. The van der Waals surface area contributed by atoms with Crippen molar-refractivity contribution in [1.82, 2.24) is 10.6 Å². The Morgan fingerprint density at radius 3 is 1.93 bits per heavy atom. The first-order valence-electron chi connectivity index (χ1n) is 5.07. The monoisotopic (exact) mass is 192 g/mol. The molecule has 0 aliphatic heterocycles. The van der Waals surface area contributed by atoms with Gasteiger partial charge in [-0.3, -0.25) is 0 Å². The third-order valence-electron chi connectivity index (χ3n) is 2.60. The Morgan fingerprint density at radius 1 is 1.00 bits per heavy atom.